The van der Waals surface area contributed by atoms with Crippen LogP contribution in [0, 0.1) is 20.8 Å². The van der Waals surface area contributed by atoms with Gasteiger partial charge < -0.3 is 20.0 Å². The Morgan fingerprint density at radius 3 is 2.07 bits per heavy atom. The number of urea groups is 1. The predicted molar refractivity (Wildman–Crippen MR) is 122 cm³/mol. The summed E-state index contributed by atoms with van der Waals surface area (Å²) >= 11 is 0. The number of piperidine rings is 1. The van der Waals surface area contributed by atoms with Crippen molar-refractivity contribution in [1.82, 2.24) is 14.9 Å². The Balaban J connectivity index is 1.37. The van der Waals surface area contributed by atoms with E-state index in [2.05, 4.69) is 45.0 Å². The highest BCUT2D eigenvalue weighted by Crippen LogP contribution is 2.23. The SMILES string of the molecule is Cc1nc(N2CCCCC2)cc(N2CCN(C(=O)Nc3ccc(C)c(C)c3)CC2)n1. The molecule has 0 bridgehead atoms. The van der Waals surface area contributed by atoms with Crippen LogP contribution in [-0.4, -0.2) is 60.2 Å². The number of carbonyl (C=O) groups excluding carboxylic acids is 1. The minimum atomic E-state index is -0.0363. The first kappa shape index (κ1) is 20.4. The van der Waals surface area contributed by atoms with E-state index in [1.165, 1.54) is 30.4 Å². The molecule has 2 saturated heterocycles. The van der Waals surface area contributed by atoms with E-state index in [0.29, 0.717) is 13.1 Å². The Morgan fingerprint density at radius 2 is 1.43 bits per heavy atom. The van der Waals surface area contributed by atoms with Crippen LogP contribution < -0.4 is 15.1 Å². The molecule has 160 valence electrons. The van der Waals surface area contributed by atoms with Gasteiger partial charge in [0, 0.05) is 51.0 Å². The third kappa shape index (κ3) is 4.66. The maximum absolute atomic E-state index is 12.7. The van der Waals surface area contributed by atoms with Crippen molar-refractivity contribution < 1.29 is 4.79 Å². The molecule has 1 aromatic heterocycles. The monoisotopic (exact) mass is 408 g/mol. The minimum absolute atomic E-state index is 0.0363. The number of nitrogens with zero attached hydrogens (tertiary/aromatic N) is 5. The zero-order valence-corrected chi connectivity index (χ0v) is 18.3. The van der Waals surface area contributed by atoms with Gasteiger partial charge in [-0.25, -0.2) is 14.8 Å². The van der Waals surface area contributed by atoms with E-state index in [-0.39, 0.29) is 6.03 Å². The molecule has 7 nitrogen and oxygen atoms in total. The molecule has 0 spiro atoms. The fourth-order valence-corrected chi connectivity index (χ4v) is 4.14. The number of anilines is 3. The van der Waals surface area contributed by atoms with Crippen LogP contribution in [0.25, 0.3) is 0 Å². The molecule has 2 aromatic rings. The van der Waals surface area contributed by atoms with E-state index in [0.717, 1.165) is 49.3 Å². The Labute approximate surface area is 179 Å². The van der Waals surface area contributed by atoms with Crippen molar-refractivity contribution in [2.24, 2.45) is 0 Å². The number of hydrogen-bond donors (Lipinski definition) is 1. The number of aromatic nitrogens is 2. The lowest BCUT2D eigenvalue weighted by Crippen LogP contribution is -2.50. The van der Waals surface area contributed by atoms with Gasteiger partial charge in [0.15, 0.2) is 0 Å². The van der Waals surface area contributed by atoms with Gasteiger partial charge in [-0.05, 0) is 63.3 Å². The van der Waals surface area contributed by atoms with Gasteiger partial charge >= 0.3 is 6.03 Å². The maximum atomic E-state index is 12.7. The van der Waals surface area contributed by atoms with Crippen molar-refractivity contribution in [1.29, 1.82) is 0 Å². The first-order chi connectivity index (χ1) is 14.5. The Bertz CT molecular complexity index is 901. The summed E-state index contributed by atoms with van der Waals surface area (Å²) in [5, 5.41) is 3.03. The van der Waals surface area contributed by atoms with E-state index in [4.69, 9.17) is 0 Å². The number of nitrogens with one attached hydrogen (secondary N) is 1. The second-order valence-corrected chi connectivity index (χ2v) is 8.38. The molecule has 0 atom stereocenters. The van der Waals surface area contributed by atoms with Crippen molar-refractivity contribution in [3.8, 4) is 0 Å². The average molecular weight is 409 g/mol. The molecule has 2 amide bonds. The van der Waals surface area contributed by atoms with Crippen LogP contribution in [0.3, 0.4) is 0 Å². The number of aryl methyl sites for hydroxylation is 3. The smallest absolute Gasteiger partial charge is 0.321 e. The van der Waals surface area contributed by atoms with Crippen molar-refractivity contribution in [2.45, 2.75) is 40.0 Å². The lowest BCUT2D eigenvalue weighted by Gasteiger charge is -2.36. The molecule has 3 heterocycles. The quantitative estimate of drug-likeness (QED) is 0.838. The summed E-state index contributed by atoms with van der Waals surface area (Å²) in [6.45, 7) is 11.1. The highest BCUT2D eigenvalue weighted by Gasteiger charge is 2.23. The van der Waals surface area contributed by atoms with E-state index >= 15 is 0 Å². The number of amides is 2. The predicted octanol–water partition coefficient (Wildman–Crippen LogP) is 3.75. The van der Waals surface area contributed by atoms with Crippen molar-refractivity contribution in [3.63, 3.8) is 0 Å². The minimum Gasteiger partial charge on any atom is -0.356 e. The first-order valence-corrected chi connectivity index (χ1v) is 11.0. The van der Waals surface area contributed by atoms with Crippen molar-refractivity contribution in [3.05, 3.63) is 41.2 Å². The van der Waals surface area contributed by atoms with E-state index in [1.54, 1.807) is 0 Å². The molecular formula is C23H32N6O. The molecular weight excluding hydrogens is 376 g/mol. The molecule has 1 aromatic carbocycles. The first-order valence-electron chi connectivity index (χ1n) is 11.0. The van der Waals surface area contributed by atoms with Crippen LogP contribution in [-0.2, 0) is 0 Å². The highest BCUT2D eigenvalue weighted by atomic mass is 16.2. The molecule has 2 aliphatic rings. The average Bonchev–Trinajstić information content (AvgIpc) is 2.76. The third-order valence-electron chi connectivity index (χ3n) is 6.14. The molecule has 0 radical (unpaired) electrons. The maximum Gasteiger partial charge on any atom is 0.321 e. The zero-order valence-electron chi connectivity index (χ0n) is 18.3. The topological polar surface area (TPSA) is 64.6 Å². The van der Waals surface area contributed by atoms with Crippen LogP contribution in [0.5, 0.6) is 0 Å². The summed E-state index contributed by atoms with van der Waals surface area (Å²) < 4.78 is 0. The van der Waals surface area contributed by atoms with Crippen molar-refractivity contribution >= 4 is 23.4 Å². The van der Waals surface area contributed by atoms with Crippen LogP contribution >= 0.6 is 0 Å². The lowest BCUT2D eigenvalue weighted by atomic mass is 10.1. The largest absolute Gasteiger partial charge is 0.356 e. The van der Waals surface area contributed by atoms with Gasteiger partial charge in [0.25, 0.3) is 0 Å². The third-order valence-corrected chi connectivity index (χ3v) is 6.14. The van der Waals surface area contributed by atoms with E-state index < -0.39 is 0 Å². The molecule has 2 fully saturated rings. The van der Waals surface area contributed by atoms with Crippen LogP contribution in [0.4, 0.5) is 22.1 Å². The van der Waals surface area contributed by atoms with Gasteiger partial charge in [-0.2, -0.15) is 0 Å². The normalized spacial score (nSPS) is 17.2. The number of hydrogen-bond acceptors (Lipinski definition) is 5. The molecule has 0 unspecified atom stereocenters. The fourth-order valence-electron chi connectivity index (χ4n) is 4.14. The van der Waals surface area contributed by atoms with Crippen LogP contribution in [0.2, 0.25) is 0 Å². The van der Waals surface area contributed by atoms with Crippen molar-refractivity contribution in [2.75, 3.05) is 54.4 Å². The molecule has 7 heteroatoms. The summed E-state index contributed by atoms with van der Waals surface area (Å²) in [5.41, 5.74) is 3.26. The Morgan fingerprint density at radius 1 is 0.800 bits per heavy atom. The number of carbonyl (C=O) groups is 1. The Kier molecular flexibility index (Phi) is 6.06. The zero-order chi connectivity index (χ0) is 21.1. The Hall–Kier alpha value is -2.83. The molecule has 0 saturated carbocycles. The van der Waals surface area contributed by atoms with Gasteiger partial charge in [-0.1, -0.05) is 6.07 Å². The van der Waals surface area contributed by atoms with E-state index in [9.17, 15) is 4.79 Å². The summed E-state index contributed by atoms with van der Waals surface area (Å²) in [6, 6.07) is 8.10. The van der Waals surface area contributed by atoms with Gasteiger partial charge in [0.1, 0.15) is 17.5 Å². The summed E-state index contributed by atoms with van der Waals surface area (Å²) in [4.78, 5) is 28.5. The standard InChI is InChI=1S/C23H32N6O/c1-17-7-8-20(15-18(17)2)26-23(30)29-13-11-28(12-14-29)22-16-21(24-19(3)25-22)27-9-5-4-6-10-27/h7-8,15-16H,4-6,9-14H2,1-3H3,(H,26,30). The molecule has 0 aliphatic carbocycles. The van der Waals surface area contributed by atoms with Crippen LogP contribution in [0.15, 0.2) is 24.3 Å². The second kappa shape index (κ2) is 8.90. The number of rotatable bonds is 3. The van der Waals surface area contributed by atoms with Gasteiger partial charge in [-0.3, -0.25) is 0 Å². The summed E-state index contributed by atoms with van der Waals surface area (Å²) in [7, 11) is 0. The van der Waals surface area contributed by atoms with E-state index in [1.807, 2.05) is 30.0 Å². The van der Waals surface area contributed by atoms with Gasteiger partial charge in [-0.15, -0.1) is 0 Å². The van der Waals surface area contributed by atoms with Crippen LogP contribution in [0.1, 0.15) is 36.2 Å². The highest BCUT2D eigenvalue weighted by molar-refractivity contribution is 5.89. The number of benzene rings is 1. The fraction of sp³-hybridized carbons (Fsp3) is 0.522. The number of piperazine rings is 1. The summed E-state index contributed by atoms with van der Waals surface area (Å²) in [5.74, 6) is 2.81. The molecule has 1 N–H and O–H groups in total. The molecule has 30 heavy (non-hydrogen) atoms. The lowest BCUT2D eigenvalue weighted by molar-refractivity contribution is 0.208. The second-order valence-electron chi connectivity index (χ2n) is 8.38. The van der Waals surface area contributed by atoms with Gasteiger partial charge in [0.05, 0.1) is 0 Å². The molecule has 4 rings (SSSR count). The molecule has 2 aliphatic heterocycles. The van der Waals surface area contributed by atoms with Gasteiger partial charge in [0.2, 0.25) is 0 Å². The summed E-state index contributed by atoms with van der Waals surface area (Å²) in [6.07, 6.45) is 3.76.